The van der Waals surface area contributed by atoms with Crippen molar-refractivity contribution in [3.63, 3.8) is 0 Å². The topological polar surface area (TPSA) is 40.1 Å². The van der Waals surface area contributed by atoms with Gasteiger partial charge in [-0.2, -0.15) is 0 Å². The van der Waals surface area contributed by atoms with Crippen molar-refractivity contribution in [3.8, 4) is 0 Å². The van der Waals surface area contributed by atoms with Gasteiger partial charge in [-0.1, -0.05) is 0 Å². The van der Waals surface area contributed by atoms with Gasteiger partial charge in [-0.3, -0.25) is 0 Å². The Labute approximate surface area is 42.1 Å². The van der Waals surface area contributed by atoms with E-state index < -0.39 is 5.97 Å². The zero-order chi connectivity index (χ0) is 4.28. The van der Waals surface area contributed by atoms with Gasteiger partial charge in [0.1, 0.15) is 0 Å². The first-order valence-corrected chi connectivity index (χ1v) is 2.51. The molecule has 0 atom stereocenters. The summed E-state index contributed by atoms with van der Waals surface area (Å²) in [7, 11) is 0. The van der Waals surface area contributed by atoms with E-state index in [0.29, 0.717) is 0 Å². The molecule has 0 spiro atoms. The summed E-state index contributed by atoms with van der Waals surface area (Å²) in [5.74, 6) is -1.02. The van der Waals surface area contributed by atoms with Crippen LogP contribution < -0.4 is 5.11 Å². The average molecular weight is 255 g/mol. The van der Waals surface area contributed by atoms with Crippen LogP contribution in [-0.4, -0.2) is 5.97 Å². The number of carboxylic acids is 1. The molecule has 34 valence electrons. The summed E-state index contributed by atoms with van der Waals surface area (Å²) in [5, 5.41) is 9.24. The van der Waals surface area contributed by atoms with Crippen molar-refractivity contribution in [2.24, 2.45) is 0 Å². The van der Waals surface area contributed by atoms with Gasteiger partial charge in [0.25, 0.3) is 0 Å². The van der Waals surface area contributed by atoms with E-state index in [0.717, 1.165) is 0 Å². The van der Waals surface area contributed by atoms with Crippen LogP contribution >= 0.6 is 0 Å². The molecule has 0 aliphatic rings. The van der Waals surface area contributed by atoms with E-state index in [2.05, 4.69) is 0 Å². The molecular weight excluding hydrogens is 253 g/mol. The Bertz CT molecular complexity index is 42.9. The third-order valence-electron chi connectivity index (χ3n) is 0.0870. The number of carboxylic acid groups (broad SMARTS) is 1. The van der Waals surface area contributed by atoms with Crippen molar-refractivity contribution >= 4 is 5.97 Å². The molecule has 0 aromatic carbocycles. The predicted molar refractivity (Wildman–Crippen MR) is 9.81 cm³/mol. The van der Waals surface area contributed by atoms with Gasteiger partial charge in [-0.05, 0) is 0 Å². The van der Waals surface area contributed by atoms with E-state index in [1.807, 2.05) is 21.1 Å². The van der Waals surface area contributed by atoms with Gasteiger partial charge in [0.15, 0.2) is 0 Å². The molecule has 0 saturated heterocycles. The SMILES string of the molecule is O=C([O-])[CH2][Au]. The summed E-state index contributed by atoms with van der Waals surface area (Å²) >= 11 is 1.87. The fourth-order valence-electron chi connectivity index (χ4n) is 0. The number of aliphatic carboxylic acids is 1. The van der Waals surface area contributed by atoms with Crippen LogP contribution in [0, 0.1) is 0 Å². The van der Waals surface area contributed by atoms with Crippen LogP contribution in [0.5, 0.6) is 0 Å². The molecule has 3 heteroatoms. The summed E-state index contributed by atoms with van der Waals surface area (Å²) in [6.45, 7) is 0. The molecule has 0 aromatic heterocycles. The van der Waals surface area contributed by atoms with Gasteiger partial charge in [0.05, 0.1) is 0 Å². The zero-order valence-corrected chi connectivity index (χ0v) is 4.49. The van der Waals surface area contributed by atoms with E-state index >= 15 is 0 Å². The molecule has 0 saturated carbocycles. The fourth-order valence-corrected chi connectivity index (χ4v) is 0. The van der Waals surface area contributed by atoms with E-state index in [1.54, 1.807) is 0 Å². The zero-order valence-electron chi connectivity index (χ0n) is 2.33. The van der Waals surface area contributed by atoms with Gasteiger partial charge in [0.2, 0.25) is 0 Å². The van der Waals surface area contributed by atoms with Crippen LogP contribution in [0.3, 0.4) is 0 Å². The number of rotatable bonds is 1. The second-order valence-corrected chi connectivity index (χ2v) is 1.24. The van der Waals surface area contributed by atoms with E-state index in [1.165, 1.54) is 0 Å². The maximum absolute atomic E-state index is 9.24. The number of hydrogen-bond donors (Lipinski definition) is 0. The summed E-state index contributed by atoms with van der Waals surface area (Å²) < 4.78 is 0.0556. The molecule has 0 bridgehead atoms. The third-order valence-corrected chi connectivity index (χ3v) is 0.712. The second-order valence-electron chi connectivity index (χ2n) is 0.479. The molecule has 0 heterocycles. The minimum absolute atomic E-state index is 0.0556. The Balaban J connectivity index is 2.85. The van der Waals surface area contributed by atoms with Crippen LogP contribution in [0.2, 0.25) is 4.64 Å². The Morgan fingerprint density at radius 3 is 2.20 bits per heavy atom. The quantitative estimate of drug-likeness (QED) is 0.546. The van der Waals surface area contributed by atoms with Crippen molar-refractivity contribution in [2.45, 2.75) is 4.64 Å². The molecule has 0 aliphatic carbocycles. The van der Waals surface area contributed by atoms with E-state index in [9.17, 15) is 9.90 Å². The second kappa shape index (κ2) is 2.45. The van der Waals surface area contributed by atoms with Crippen molar-refractivity contribution < 1.29 is 31.0 Å². The Morgan fingerprint density at radius 1 is 2.00 bits per heavy atom. The van der Waals surface area contributed by atoms with Crippen molar-refractivity contribution in [1.82, 2.24) is 0 Å². The molecule has 0 aliphatic heterocycles. The van der Waals surface area contributed by atoms with Gasteiger partial charge < -0.3 is 0 Å². The van der Waals surface area contributed by atoms with E-state index in [4.69, 9.17) is 0 Å². The van der Waals surface area contributed by atoms with Crippen LogP contribution in [0.15, 0.2) is 0 Å². The third kappa shape index (κ3) is 4.21. The van der Waals surface area contributed by atoms with Gasteiger partial charge in [-0.15, -0.1) is 0 Å². The Hall–Kier alpha value is 0.210. The molecule has 0 amide bonds. The maximum atomic E-state index is 9.24. The van der Waals surface area contributed by atoms with Gasteiger partial charge in [0, 0.05) is 0 Å². The Kier molecular flexibility index (Phi) is 2.55. The van der Waals surface area contributed by atoms with Crippen molar-refractivity contribution in [3.05, 3.63) is 0 Å². The molecule has 0 fully saturated rings. The summed E-state index contributed by atoms with van der Waals surface area (Å²) in [6, 6.07) is 0. The molecular formula is C2H2AuO2-. The first kappa shape index (κ1) is 5.21. The molecule has 0 radical (unpaired) electrons. The van der Waals surface area contributed by atoms with Gasteiger partial charge >= 0.3 is 41.6 Å². The Morgan fingerprint density at radius 2 is 2.20 bits per heavy atom. The summed E-state index contributed by atoms with van der Waals surface area (Å²) in [5.41, 5.74) is 0. The van der Waals surface area contributed by atoms with E-state index in [-0.39, 0.29) is 4.64 Å². The minimum atomic E-state index is -1.02. The van der Waals surface area contributed by atoms with Crippen LogP contribution in [0.25, 0.3) is 0 Å². The molecule has 0 unspecified atom stereocenters. The molecule has 0 rings (SSSR count). The van der Waals surface area contributed by atoms with Crippen molar-refractivity contribution in [1.29, 1.82) is 0 Å². The first-order chi connectivity index (χ1) is 2.27. The molecule has 0 aromatic rings. The standard InChI is InChI=1S/C2H3O2.Au/c1-2(3)4;/h1H2,(H,3,4);/p-1. The predicted octanol–water partition coefficient (Wildman–Crippen LogP) is -1.30. The summed E-state index contributed by atoms with van der Waals surface area (Å²) in [4.78, 5) is 9.24. The van der Waals surface area contributed by atoms with Crippen LogP contribution in [-0.2, 0) is 25.9 Å². The fraction of sp³-hybridized carbons (Fsp3) is 0.500. The van der Waals surface area contributed by atoms with Gasteiger partial charge in [-0.25, -0.2) is 0 Å². The normalized spacial score (nSPS) is 7.60. The monoisotopic (exact) mass is 255 g/mol. The van der Waals surface area contributed by atoms with Crippen LogP contribution in [0.4, 0.5) is 0 Å². The first-order valence-electron chi connectivity index (χ1n) is 0.975. The molecule has 0 N–H and O–H groups in total. The van der Waals surface area contributed by atoms with Crippen molar-refractivity contribution in [2.75, 3.05) is 0 Å². The van der Waals surface area contributed by atoms with Crippen LogP contribution in [0.1, 0.15) is 0 Å². The number of carbonyl (C=O) groups is 1. The molecule has 5 heavy (non-hydrogen) atoms. The number of carbonyl (C=O) groups excluding carboxylic acids is 1. The summed E-state index contributed by atoms with van der Waals surface area (Å²) in [6.07, 6.45) is 0. The molecule has 2 nitrogen and oxygen atoms in total. The number of hydrogen-bond acceptors (Lipinski definition) is 2. The average Bonchev–Trinajstić information content (AvgIpc) is 1.38.